The van der Waals surface area contributed by atoms with Crippen LogP contribution in [0.2, 0.25) is 0 Å². The lowest BCUT2D eigenvalue weighted by atomic mass is 10.1. The molecule has 1 aromatic carbocycles. The van der Waals surface area contributed by atoms with Crippen molar-refractivity contribution in [3.8, 4) is 5.75 Å². The van der Waals surface area contributed by atoms with E-state index in [1.54, 1.807) is 7.11 Å². The summed E-state index contributed by atoms with van der Waals surface area (Å²) >= 11 is 0. The monoisotopic (exact) mass is 366 g/mol. The summed E-state index contributed by atoms with van der Waals surface area (Å²) in [6, 6.07) is 7.90. The largest absolute Gasteiger partial charge is 0.497 e. The molecule has 1 saturated heterocycles. The number of hydrogen-bond acceptors (Lipinski definition) is 7. The second-order valence-electron chi connectivity index (χ2n) is 6.52. The Labute approximate surface area is 156 Å². The molecule has 8 nitrogen and oxygen atoms in total. The maximum Gasteiger partial charge on any atom is 0.141 e. The van der Waals surface area contributed by atoms with Gasteiger partial charge in [0.15, 0.2) is 0 Å². The summed E-state index contributed by atoms with van der Waals surface area (Å²) in [6.45, 7) is 1.43. The average molecular weight is 366 g/mol. The van der Waals surface area contributed by atoms with Gasteiger partial charge in [-0.2, -0.15) is 0 Å². The normalized spacial score (nSPS) is 15.0. The van der Waals surface area contributed by atoms with Crippen molar-refractivity contribution < 1.29 is 9.47 Å². The zero-order valence-corrected chi connectivity index (χ0v) is 15.1. The van der Waals surface area contributed by atoms with Crippen LogP contribution in [0.3, 0.4) is 0 Å². The second kappa shape index (κ2) is 7.24. The first kappa shape index (κ1) is 17.3. The molecule has 0 spiro atoms. The Kier molecular flexibility index (Phi) is 4.64. The predicted molar refractivity (Wildman–Crippen MR) is 105 cm³/mol. The molecule has 1 aliphatic rings. The Morgan fingerprint density at radius 2 is 2.11 bits per heavy atom. The van der Waals surface area contributed by atoms with Crippen molar-refractivity contribution in [1.82, 2.24) is 15.0 Å². The topological polar surface area (TPSA) is 122 Å². The van der Waals surface area contributed by atoms with Crippen LogP contribution in [0.5, 0.6) is 5.75 Å². The van der Waals surface area contributed by atoms with E-state index in [1.807, 2.05) is 24.3 Å². The summed E-state index contributed by atoms with van der Waals surface area (Å²) in [4.78, 5) is 11.7. The van der Waals surface area contributed by atoms with Gasteiger partial charge in [-0.05, 0) is 31.0 Å². The van der Waals surface area contributed by atoms with Crippen LogP contribution in [0.1, 0.15) is 24.1 Å². The zero-order valence-electron chi connectivity index (χ0n) is 15.1. The molecule has 3 heterocycles. The van der Waals surface area contributed by atoms with Gasteiger partial charge in [-0.25, -0.2) is 9.97 Å². The van der Waals surface area contributed by atoms with Gasteiger partial charge < -0.3 is 25.5 Å². The predicted octanol–water partition coefficient (Wildman–Crippen LogP) is 2.56. The summed E-state index contributed by atoms with van der Waals surface area (Å²) in [7, 11) is 1.63. The molecule has 1 aliphatic heterocycles. The number of nitrogens with zero attached hydrogens (tertiary/aromatic N) is 2. The van der Waals surface area contributed by atoms with E-state index >= 15 is 0 Å². The van der Waals surface area contributed by atoms with Crippen molar-refractivity contribution in [1.29, 1.82) is 5.41 Å². The molecule has 0 aliphatic carbocycles. The number of aromatic amines is 1. The van der Waals surface area contributed by atoms with Crippen LogP contribution in [0, 0.1) is 5.41 Å². The summed E-state index contributed by atoms with van der Waals surface area (Å²) in [5, 5.41) is 13.1. The first-order valence-electron chi connectivity index (χ1n) is 8.86. The molecule has 1 fully saturated rings. The molecule has 3 aromatic rings. The number of rotatable bonds is 5. The van der Waals surface area contributed by atoms with E-state index in [9.17, 15) is 0 Å². The maximum absolute atomic E-state index is 8.71. The van der Waals surface area contributed by atoms with Gasteiger partial charge in [0, 0.05) is 36.2 Å². The summed E-state index contributed by atoms with van der Waals surface area (Å²) < 4.78 is 10.7. The maximum atomic E-state index is 8.71. The molecule has 0 unspecified atom stereocenters. The summed E-state index contributed by atoms with van der Waals surface area (Å²) in [6.07, 6.45) is 3.20. The second-order valence-corrected chi connectivity index (χ2v) is 6.52. The number of aromatic nitrogens is 3. The van der Waals surface area contributed by atoms with Crippen LogP contribution in [0.4, 0.5) is 11.6 Å². The Morgan fingerprint density at radius 1 is 1.30 bits per heavy atom. The van der Waals surface area contributed by atoms with Gasteiger partial charge in [-0.1, -0.05) is 0 Å². The van der Waals surface area contributed by atoms with E-state index < -0.39 is 0 Å². The van der Waals surface area contributed by atoms with E-state index in [-0.39, 0.29) is 17.6 Å². The molecule has 140 valence electrons. The van der Waals surface area contributed by atoms with Gasteiger partial charge in [-0.3, -0.25) is 5.41 Å². The number of anilines is 2. The zero-order chi connectivity index (χ0) is 18.8. The smallest absolute Gasteiger partial charge is 0.141 e. The minimum atomic E-state index is 0.242. The standard InChI is InChI=1S/C19H22N6O2/c1-26-13-3-2-11-8-15(25-14(11)9-13)17(20)16-18(21)22-10-23-19(16)24-12-4-6-27-7-5-12/h2-3,8-10,12,20,25H,4-7H2,1H3,(H3,21,22,23,24). The van der Waals surface area contributed by atoms with E-state index in [0.29, 0.717) is 17.1 Å². The fraction of sp³-hybridized carbons (Fsp3) is 0.316. The molecule has 5 N–H and O–H groups in total. The van der Waals surface area contributed by atoms with Gasteiger partial charge in [-0.15, -0.1) is 0 Å². The first-order valence-corrected chi connectivity index (χ1v) is 8.86. The Morgan fingerprint density at radius 3 is 2.89 bits per heavy atom. The Bertz CT molecular complexity index is 977. The van der Waals surface area contributed by atoms with Crippen molar-refractivity contribution in [3.05, 3.63) is 41.9 Å². The number of fused-ring (bicyclic) bond motifs is 1. The molecule has 0 atom stereocenters. The number of benzene rings is 1. The molecule has 0 saturated carbocycles. The molecule has 8 heteroatoms. The highest BCUT2D eigenvalue weighted by molar-refractivity contribution is 6.16. The van der Waals surface area contributed by atoms with Crippen LogP contribution in [0.15, 0.2) is 30.6 Å². The molecular formula is C19H22N6O2. The molecular weight excluding hydrogens is 344 g/mol. The van der Waals surface area contributed by atoms with Crippen LogP contribution in [-0.2, 0) is 4.74 Å². The van der Waals surface area contributed by atoms with Crippen molar-refractivity contribution in [2.45, 2.75) is 18.9 Å². The SMILES string of the molecule is COc1ccc2cc(C(=N)c3c(N)ncnc3NC3CCOCC3)[nH]c2c1. The van der Waals surface area contributed by atoms with E-state index in [2.05, 4.69) is 20.3 Å². The van der Waals surface area contributed by atoms with E-state index in [4.69, 9.17) is 20.6 Å². The third kappa shape index (κ3) is 3.43. The minimum Gasteiger partial charge on any atom is -0.497 e. The summed E-state index contributed by atoms with van der Waals surface area (Å²) in [5.74, 6) is 1.61. The first-order chi connectivity index (χ1) is 13.2. The molecule has 2 aromatic heterocycles. The highest BCUT2D eigenvalue weighted by Crippen LogP contribution is 2.26. The van der Waals surface area contributed by atoms with Gasteiger partial charge >= 0.3 is 0 Å². The molecule has 0 amide bonds. The highest BCUT2D eigenvalue weighted by atomic mass is 16.5. The third-order valence-corrected chi connectivity index (χ3v) is 4.79. The average Bonchev–Trinajstić information content (AvgIpc) is 3.12. The fourth-order valence-corrected chi connectivity index (χ4v) is 3.29. The van der Waals surface area contributed by atoms with Gasteiger partial charge in [0.05, 0.1) is 24.1 Å². The number of hydrogen-bond donors (Lipinski definition) is 4. The number of H-pyrrole nitrogens is 1. The van der Waals surface area contributed by atoms with Gasteiger partial charge in [0.25, 0.3) is 0 Å². The highest BCUT2D eigenvalue weighted by Gasteiger charge is 2.21. The van der Waals surface area contributed by atoms with Crippen LogP contribution in [-0.4, -0.2) is 47.0 Å². The molecule has 0 radical (unpaired) electrons. The van der Waals surface area contributed by atoms with Gasteiger partial charge in [0.2, 0.25) is 0 Å². The van der Waals surface area contributed by atoms with Crippen molar-refractivity contribution in [2.24, 2.45) is 0 Å². The van der Waals surface area contributed by atoms with Crippen molar-refractivity contribution >= 4 is 28.3 Å². The lowest BCUT2D eigenvalue weighted by Gasteiger charge is -2.24. The van der Waals surface area contributed by atoms with E-state index in [0.717, 1.165) is 42.7 Å². The summed E-state index contributed by atoms with van der Waals surface area (Å²) in [5.41, 5.74) is 8.40. The fourth-order valence-electron chi connectivity index (χ4n) is 3.29. The lowest BCUT2D eigenvalue weighted by molar-refractivity contribution is 0.0904. The van der Waals surface area contributed by atoms with Crippen LogP contribution in [0.25, 0.3) is 10.9 Å². The van der Waals surface area contributed by atoms with E-state index in [1.165, 1.54) is 6.33 Å². The van der Waals surface area contributed by atoms with Crippen LogP contribution >= 0.6 is 0 Å². The van der Waals surface area contributed by atoms with Gasteiger partial charge in [0.1, 0.15) is 23.7 Å². The number of methoxy groups -OCH3 is 1. The quantitative estimate of drug-likeness (QED) is 0.515. The van der Waals surface area contributed by atoms with Crippen molar-refractivity contribution in [2.75, 3.05) is 31.4 Å². The van der Waals surface area contributed by atoms with Crippen LogP contribution < -0.4 is 15.8 Å². The molecule has 0 bridgehead atoms. The Balaban J connectivity index is 1.68. The lowest BCUT2D eigenvalue weighted by Crippen LogP contribution is -2.29. The molecule has 4 rings (SSSR count). The molecule has 27 heavy (non-hydrogen) atoms. The minimum absolute atomic E-state index is 0.242. The van der Waals surface area contributed by atoms with Crippen molar-refractivity contribution in [3.63, 3.8) is 0 Å². The third-order valence-electron chi connectivity index (χ3n) is 4.79. The number of ether oxygens (including phenoxy) is 2. The number of nitrogen functional groups attached to an aromatic ring is 1. The number of nitrogens with two attached hydrogens (primary N) is 1. The Hall–Kier alpha value is -3.13. The number of nitrogens with one attached hydrogen (secondary N) is 3.